The summed E-state index contributed by atoms with van der Waals surface area (Å²) < 4.78 is 0. The number of aromatic nitrogens is 2. The standard InChI is InChI=1S/C27H24N4O3S/c1-18(19-5-3-2-4-6-19)30-11-13-31(14-12-30)27(34)23(33)15-20-16-29-26-22(9-10-28-25(20)26)24-8-7-21(17-32)35-24/h2-10,16-17,29H,1,11-15H2. The van der Waals surface area contributed by atoms with Crippen molar-refractivity contribution in [2.24, 2.45) is 0 Å². The minimum Gasteiger partial charge on any atom is -0.368 e. The summed E-state index contributed by atoms with van der Waals surface area (Å²) in [7, 11) is 0. The van der Waals surface area contributed by atoms with E-state index in [1.54, 1.807) is 23.4 Å². The number of carbonyl (C=O) groups excluding carboxylic acids is 3. The molecule has 0 atom stereocenters. The highest BCUT2D eigenvalue weighted by Gasteiger charge is 2.27. The van der Waals surface area contributed by atoms with Crippen LogP contribution in [0.5, 0.6) is 0 Å². The smallest absolute Gasteiger partial charge is 0.290 e. The van der Waals surface area contributed by atoms with E-state index in [0.717, 1.165) is 33.5 Å². The first-order valence-corrected chi connectivity index (χ1v) is 12.2. The number of pyridine rings is 1. The molecule has 1 aliphatic heterocycles. The third-order valence-electron chi connectivity index (χ3n) is 6.30. The number of fused-ring (bicyclic) bond motifs is 1. The van der Waals surface area contributed by atoms with Gasteiger partial charge in [0.05, 0.1) is 15.9 Å². The number of aldehydes is 1. The molecule has 0 bridgehead atoms. The molecule has 35 heavy (non-hydrogen) atoms. The monoisotopic (exact) mass is 484 g/mol. The molecule has 8 heteroatoms. The van der Waals surface area contributed by atoms with Crippen LogP contribution in [0.4, 0.5) is 0 Å². The van der Waals surface area contributed by atoms with E-state index in [-0.39, 0.29) is 6.42 Å². The van der Waals surface area contributed by atoms with E-state index in [2.05, 4.69) is 21.4 Å². The Kier molecular flexibility index (Phi) is 6.29. The van der Waals surface area contributed by atoms with Crippen molar-refractivity contribution in [3.63, 3.8) is 0 Å². The molecule has 0 unspecified atom stereocenters. The fraction of sp³-hybridized carbons (Fsp3) is 0.185. The molecule has 5 rings (SSSR count). The topological polar surface area (TPSA) is 86.4 Å². The van der Waals surface area contributed by atoms with Gasteiger partial charge in [-0.3, -0.25) is 19.4 Å². The van der Waals surface area contributed by atoms with E-state index < -0.39 is 11.7 Å². The highest BCUT2D eigenvalue weighted by atomic mass is 32.1. The first kappa shape index (κ1) is 22.7. The van der Waals surface area contributed by atoms with Gasteiger partial charge >= 0.3 is 0 Å². The average molecular weight is 485 g/mol. The molecule has 0 aliphatic carbocycles. The molecule has 176 valence electrons. The van der Waals surface area contributed by atoms with Crippen molar-refractivity contribution in [1.29, 1.82) is 0 Å². The number of nitrogens with one attached hydrogen (secondary N) is 1. The van der Waals surface area contributed by atoms with Crippen molar-refractivity contribution in [1.82, 2.24) is 19.8 Å². The van der Waals surface area contributed by atoms with Crippen LogP contribution < -0.4 is 0 Å². The summed E-state index contributed by atoms with van der Waals surface area (Å²) in [6.45, 7) is 6.42. The summed E-state index contributed by atoms with van der Waals surface area (Å²) in [6.07, 6.45) is 4.23. The van der Waals surface area contributed by atoms with E-state index in [1.165, 1.54) is 11.3 Å². The number of hydrogen-bond acceptors (Lipinski definition) is 6. The number of nitrogens with zero attached hydrogens (tertiary/aromatic N) is 3. The Hall–Kier alpha value is -4.04. The molecule has 0 radical (unpaired) electrons. The van der Waals surface area contributed by atoms with Gasteiger partial charge in [0.1, 0.15) is 0 Å². The first-order chi connectivity index (χ1) is 17.0. The average Bonchev–Trinajstić information content (AvgIpc) is 3.56. The van der Waals surface area contributed by atoms with Gasteiger partial charge in [0, 0.05) is 66.7 Å². The Morgan fingerprint density at radius 1 is 1.03 bits per heavy atom. The Morgan fingerprint density at radius 2 is 1.77 bits per heavy atom. The summed E-state index contributed by atoms with van der Waals surface area (Å²) in [6, 6.07) is 15.5. The van der Waals surface area contributed by atoms with Crippen molar-refractivity contribution in [3.8, 4) is 10.4 Å². The molecule has 4 heterocycles. The normalized spacial score (nSPS) is 13.7. The molecule has 4 aromatic rings. The number of ketones is 1. The van der Waals surface area contributed by atoms with Crippen LogP contribution in [0.3, 0.4) is 0 Å². The van der Waals surface area contributed by atoms with Gasteiger partial charge in [-0.05, 0) is 23.8 Å². The van der Waals surface area contributed by atoms with Crippen molar-refractivity contribution in [2.75, 3.05) is 26.2 Å². The van der Waals surface area contributed by atoms with Crippen LogP contribution in [-0.4, -0.2) is 63.9 Å². The van der Waals surface area contributed by atoms with Gasteiger partial charge in [-0.25, -0.2) is 0 Å². The fourth-order valence-electron chi connectivity index (χ4n) is 4.40. The van der Waals surface area contributed by atoms with Crippen LogP contribution >= 0.6 is 11.3 Å². The van der Waals surface area contributed by atoms with Crippen LogP contribution in [0.1, 0.15) is 20.8 Å². The number of carbonyl (C=O) groups is 3. The highest BCUT2D eigenvalue weighted by molar-refractivity contribution is 7.17. The third kappa shape index (κ3) is 4.52. The molecule has 1 N–H and O–H groups in total. The molecular weight excluding hydrogens is 460 g/mol. The van der Waals surface area contributed by atoms with E-state index >= 15 is 0 Å². The van der Waals surface area contributed by atoms with Crippen LogP contribution in [0.25, 0.3) is 27.2 Å². The Bertz CT molecular complexity index is 1410. The SMILES string of the molecule is C=C(c1ccccc1)N1CCN(C(=O)C(=O)Cc2c[nH]c3c(-c4ccc(C=O)s4)ccnc23)CC1. The molecule has 7 nitrogen and oxygen atoms in total. The Balaban J connectivity index is 1.25. The number of thiophene rings is 1. The quantitative estimate of drug-likeness (QED) is 0.316. The molecule has 1 aliphatic rings. The number of rotatable bonds is 7. The molecule has 1 aromatic carbocycles. The molecule has 1 fully saturated rings. The molecular formula is C27H24N4O3S. The van der Waals surface area contributed by atoms with Crippen molar-refractivity contribution in [3.05, 3.63) is 83.5 Å². The predicted octanol–water partition coefficient (Wildman–Crippen LogP) is 4.03. The number of benzene rings is 1. The van der Waals surface area contributed by atoms with E-state index in [9.17, 15) is 14.4 Å². The number of H-pyrrole nitrogens is 1. The number of Topliss-reactive ketones (excluding diaryl/α,β-unsaturated/α-hetero) is 1. The molecule has 1 amide bonds. The lowest BCUT2D eigenvalue weighted by atomic mass is 10.1. The summed E-state index contributed by atoms with van der Waals surface area (Å²) in [5.41, 5.74) is 5.02. The minimum atomic E-state index is -0.464. The van der Waals surface area contributed by atoms with Crippen molar-refractivity contribution < 1.29 is 14.4 Å². The zero-order valence-corrected chi connectivity index (χ0v) is 19.9. The number of piperazine rings is 1. The molecule has 3 aromatic heterocycles. The summed E-state index contributed by atoms with van der Waals surface area (Å²) in [5.74, 6) is -0.915. The van der Waals surface area contributed by atoms with Crippen molar-refractivity contribution in [2.45, 2.75) is 6.42 Å². The van der Waals surface area contributed by atoms with E-state index in [0.29, 0.717) is 42.1 Å². The fourth-order valence-corrected chi connectivity index (χ4v) is 5.25. The summed E-state index contributed by atoms with van der Waals surface area (Å²) >= 11 is 1.39. The maximum absolute atomic E-state index is 12.9. The Labute approximate surface area is 206 Å². The lowest BCUT2D eigenvalue weighted by Crippen LogP contribution is -2.50. The molecule has 0 saturated carbocycles. The van der Waals surface area contributed by atoms with Gasteiger partial charge in [0.15, 0.2) is 6.29 Å². The largest absolute Gasteiger partial charge is 0.368 e. The van der Waals surface area contributed by atoms with E-state index in [1.807, 2.05) is 42.5 Å². The minimum absolute atomic E-state index is 0.0176. The third-order valence-corrected chi connectivity index (χ3v) is 7.34. The summed E-state index contributed by atoms with van der Waals surface area (Å²) in [5, 5.41) is 0. The van der Waals surface area contributed by atoms with Crippen LogP contribution in [-0.2, 0) is 16.0 Å². The molecule has 0 spiro atoms. The second-order valence-electron chi connectivity index (χ2n) is 8.41. The van der Waals surface area contributed by atoms with Crippen LogP contribution in [0.15, 0.2) is 67.5 Å². The van der Waals surface area contributed by atoms with Gasteiger partial charge in [-0.2, -0.15) is 0 Å². The zero-order chi connectivity index (χ0) is 24.4. The summed E-state index contributed by atoms with van der Waals surface area (Å²) in [4.78, 5) is 49.9. The van der Waals surface area contributed by atoms with Crippen LogP contribution in [0.2, 0.25) is 0 Å². The predicted molar refractivity (Wildman–Crippen MR) is 137 cm³/mol. The van der Waals surface area contributed by atoms with Crippen molar-refractivity contribution >= 4 is 46.0 Å². The van der Waals surface area contributed by atoms with Gasteiger partial charge in [-0.1, -0.05) is 36.9 Å². The number of amides is 1. The Morgan fingerprint density at radius 3 is 2.49 bits per heavy atom. The maximum atomic E-state index is 12.9. The number of aromatic amines is 1. The second-order valence-corrected chi connectivity index (χ2v) is 9.52. The maximum Gasteiger partial charge on any atom is 0.290 e. The van der Waals surface area contributed by atoms with Gasteiger partial charge in [-0.15, -0.1) is 11.3 Å². The molecule has 1 saturated heterocycles. The van der Waals surface area contributed by atoms with Crippen LogP contribution in [0, 0.1) is 0 Å². The highest BCUT2D eigenvalue weighted by Crippen LogP contribution is 2.33. The lowest BCUT2D eigenvalue weighted by Gasteiger charge is -2.36. The second kappa shape index (κ2) is 9.68. The lowest BCUT2D eigenvalue weighted by molar-refractivity contribution is -0.145. The van der Waals surface area contributed by atoms with Gasteiger partial charge in [0.2, 0.25) is 5.78 Å². The zero-order valence-electron chi connectivity index (χ0n) is 19.1. The van der Waals surface area contributed by atoms with Gasteiger partial charge in [0.25, 0.3) is 5.91 Å². The van der Waals surface area contributed by atoms with Gasteiger partial charge < -0.3 is 14.8 Å². The number of hydrogen-bond donors (Lipinski definition) is 1. The first-order valence-electron chi connectivity index (χ1n) is 11.4. The van der Waals surface area contributed by atoms with E-state index in [4.69, 9.17) is 0 Å².